The van der Waals surface area contributed by atoms with E-state index in [0.717, 1.165) is 39.4 Å². The molecule has 0 bridgehead atoms. The molecule has 1 aliphatic heterocycles. The molecule has 2 N–H and O–H groups in total. The number of carboxylic acids is 1. The number of anilines is 1. The van der Waals surface area contributed by atoms with E-state index < -0.39 is 5.97 Å². The summed E-state index contributed by atoms with van der Waals surface area (Å²) in [6.07, 6.45) is 1.13. The van der Waals surface area contributed by atoms with Gasteiger partial charge in [0.2, 0.25) is 0 Å². The van der Waals surface area contributed by atoms with E-state index in [0.29, 0.717) is 31.0 Å². The van der Waals surface area contributed by atoms with Crippen LogP contribution < -0.4 is 10.1 Å². The van der Waals surface area contributed by atoms with Crippen LogP contribution >= 0.6 is 11.3 Å². The Morgan fingerprint density at radius 3 is 2.51 bits per heavy atom. The van der Waals surface area contributed by atoms with E-state index in [-0.39, 0.29) is 23.2 Å². The molecule has 1 aliphatic carbocycles. The lowest BCUT2D eigenvalue weighted by molar-refractivity contribution is -0.116. The number of nitrogens with zero attached hydrogens (tertiary/aromatic N) is 2. The van der Waals surface area contributed by atoms with Crippen molar-refractivity contribution in [2.45, 2.75) is 38.2 Å². The van der Waals surface area contributed by atoms with Crippen molar-refractivity contribution in [2.75, 3.05) is 5.32 Å². The smallest absolute Gasteiger partial charge is 0.337 e. The number of ether oxygens (including phenoxy) is 1. The number of para-hydroxylation sites is 1. The Labute approximate surface area is 253 Å². The molecule has 5 aromatic rings. The van der Waals surface area contributed by atoms with Crippen LogP contribution in [0, 0.1) is 6.92 Å². The second-order valence-corrected chi connectivity index (χ2v) is 11.9. The van der Waals surface area contributed by atoms with Crippen LogP contribution in [-0.4, -0.2) is 26.6 Å². The van der Waals surface area contributed by atoms with Crippen LogP contribution in [0.2, 0.25) is 0 Å². The number of aromatic nitrogens is 2. The highest BCUT2D eigenvalue weighted by Gasteiger charge is 2.41. The predicted molar refractivity (Wildman–Crippen MR) is 166 cm³/mol. The van der Waals surface area contributed by atoms with Gasteiger partial charge in [-0.15, -0.1) is 11.3 Å². The highest BCUT2D eigenvalue weighted by molar-refractivity contribution is 7.10. The molecule has 43 heavy (non-hydrogen) atoms. The topological polar surface area (TPSA) is 93.5 Å². The van der Waals surface area contributed by atoms with Crippen LogP contribution in [0.4, 0.5) is 5.82 Å². The molecule has 2 aliphatic rings. The van der Waals surface area contributed by atoms with Crippen molar-refractivity contribution in [3.63, 3.8) is 0 Å². The normalized spacial score (nSPS) is 17.7. The number of hydrogen-bond acceptors (Lipinski definition) is 6. The Kier molecular flexibility index (Phi) is 6.91. The van der Waals surface area contributed by atoms with Crippen LogP contribution in [0.5, 0.6) is 5.75 Å². The molecule has 3 heterocycles. The molecule has 0 unspecified atom stereocenters. The Morgan fingerprint density at radius 2 is 1.77 bits per heavy atom. The van der Waals surface area contributed by atoms with Crippen molar-refractivity contribution in [1.29, 1.82) is 0 Å². The van der Waals surface area contributed by atoms with Crippen LogP contribution in [0.1, 0.15) is 62.3 Å². The maximum atomic E-state index is 14.0. The molecule has 7 nitrogen and oxygen atoms in total. The summed E-state index contributed by atoms with van der Waals surface area (Å²) in [5.41, 5.74) is 5.90. The summed E-state index contributed by atoms with van der Waals surface area (Å²) < 4.78 is 7.73. The standard InChI is InChI=1S/C35H29N3O4S/c1-21-31-32(23-13-15-25(16-14-23)42-20-22-8-3-2-4-9-22)33-27(18-24(19-29(33)39)30-12-7-17-43-30)36-34(31)38(37-21)28-11-6-5-10-26(28)35(40)41/h2-17,24,32,36H,18-20H2,1H3,(H,40,41)/t24-,32-/m0/s1. The second kappa shape index (κ2) is 11.0. The zero-order valence-corrected chi connectivity index (χ0v) is 24.3. The van der Waals surface area contributed by atoms with Gasteiger partial charge in [0.25, 0.3) is 0 Å². The number of allylic oxidation sites excluding steroid dienone is 2. The average Bonchev–Trinajstić information content (AvgIpc) is 3.68. The molecule has 0 saturated heterocycles. The summed E-state index contributed by atoms with van der Waals surface area (Å²) in [6.45, 7) is 2.38. The third-order valence-corrected chi connectivity index (χ3v) is 9.27. The zero-order chi connectivity index (χ0) is 29.5. The lowest BCUT2D eigenvalue weighted by atomic mass is 9.73. The van der Waals surface area contributed by atoms with Crippen molar-refractivity contribution < 1.29 is 19.4 Å². The van der Waals surface area contributed by atoms with Gasteiger partial charge >= 0.3 is 5.97 Å². The quantitative estimate of drug-likeness (QED) is 0.205. The molecule has 8 heteroatoms. The van der Waals surface area contributed by atoms with Crippen LogP contribution in [-0.2, 0) is 11.4 Å². The summed E-state index contributed by atoms with van der Waals surface area (Å²) in [6, 6.07) is 28.9. The first-order chi connectivity index (χ1) is 21.0. The van der Waals surface area contributed by atoms with E-state index in [2.05, 4.69) is 11.4 Å². The maximum absolute atomic E-state index is 14.0. The molecule has 0 radical (unpaired) electrons. The third-order valence-electron chi connectivity index (χ3n) is 8.23. The minimum atomic E-state index is -1.03. The molecule has 0 saturated carbocycles. The molecular formula is C35H29N3O4S. The van der Waals surface area contributed by atoms with Gasteiger partial charge in [-0.2, -0.15) is 5.10 Å². The monoisotopic (exact) mass is 587 g/mol. The van der Waals surface area contributed by atoms with Crippen molar-refractivity contribution in [3.8, 4) is 11.4 Å². The number of aryl methyl sites for hydroxylation is 1. The number of carbonyl (C=O) groups excluding carboxylic acids is 1. The van der Waals surface area contributed by atoms with E-state index >= 15 is 0 Å². The molecule has 0 spiro atoms. The molecule has 2 atom stereocenters. The molecule has 3 aromatic carbocycles. The number of nitrogens with one attached hydrogen (secondary N) is 1. The average molecular weight is 588 g/mol. The van der Waals surface area contributed by atoms with E-state index in [1.165, 1.54) is 4.88 Å². The van der Waals surface area contributed by atoms with Gasteiger partial charge in [0.1, 0.15) is 18.2 Å². The van der Waals surface area contributed by atoms with Gasteiger partial charge in [-0.25, -0.2) is 9.48 Å². The number of ketones is 1. The van der Waals surface area contributed by atoms with E-state index in [9.17, 15) is 14.7 Å². The molecule has 0 amide bonds. The van der Waals surface area contributed by atoms with Gasteiger partial charge in [0.15, 0.2) is 5.78 Å². The number of carbonyl (C=O) groups is 2. The fourth-order valence-corrected chi connectivity index (χ4v) is 7.08. The minimum absolute atomic E-state index is 0.0819. The lowest BCUT2D eigenvalue weighted by Gasteiger charge is -2.35. The summed E-state index contributed by atoms with van der Waals surface area (Å²) in [7, 11) is 0. The van der Waals surface area contributed by atoms with Gasteiger partial charge in [-0.3, -0.25) is 4.79 Å². The first-order valence-electron chi connectivity index (χ1n) is 14.2. The number of rotatable bonds is 7. The molecular weight excluding hydrogens is 558 g/mol. The van der Waals surface area contributed by atoms with Crippen molar-refractivity contribution in [3.05, 3.63) is 140 Å². The number of hydrogen-bond donors (Lipinski definition) is 2. The van der Waals surface area contributed by atoms with Gasteiger partial charge in [-0.05, 0) is 60.2 Å². The minimum Gasteiger partial charge on any atom is -0.489 e. The number of fused-ring (bicyclic) bond motifs is 1. The largest absolute Gasteiger partial charge is 0.489 e. The van der Waals surface area contributed by atoms with Crippen LogP contribution in [0.25, 0.3) is 5.69 Å². The number of carboxylic acid groups (broad SMARTS) is 1. The predicted octanol–water partition coefficient (Wildman–Crippen LogP) is 7.48. The third kappa shape index (κ3) is 4.93. The zero-order valence-electron chi connectivity index (χ0n) is 23.5. The maximum Gasteiger partial charge on any atom is 0.337 e. The molecule has 7 rings (SSSR count). The Morgan fingerprint density at radius 1 is 1.00 bits per heavy atom. The van der Waals surface area contributed by atoms with Gasteiger partial charge < -0.3 is 15.2 Å². The second-order valence-electron chi connectivity index (χ2n) is 10.9. The Balaban J connectivity index is 1.32. The molecule has 0 fully saturated rings. The lowest BCUT2D eigenvalue weighted by Crippen LogP contribution is -2.30. The fourth-order valence-electron chi connectivity index (χ4n) is 6.25. The van der Waals surface area contributed by atoms with E-state index in [1.54, 1.807) is 40.3 Å². The van der Waals surface area contributed by atoms with Crippen LogP contribution in [0.3, 0.4) is 0 Å². The molecule has 2 aromatic heterocycles. The number of benzene rings is 3. The highest BCUT2D eigenvalue weighted by Crippen LogP contribution is 2.50. The molecule has 214 valence electrons. The van der Waals surface area contributed by atoms with E-state index in [1.807, 2.05) is 73.0 Å². The van der Waals surface area contributed by atoms with Crippen molar-refractivity contribution in [2.24, 2.45) is 0 Å². The Hall–Kier alpha value is -4.95. The number of Topliss-reactive ketones (excluding diaryl/α,β-unsaturated/α-hetero) is 1. The highest BCUT2D eigenvalue weighted by atomic mass is 32.1. The summed E-state index contributed by atoms with van der Waals surface area (Å²) in [5.74, 6) is 0.257. The van der Waals surface area contributed by atoms with Gasteiger partial charge in [0, 0.05) is 40.0 Å². The first-order valence-corrected chi connectivity index (χ1v) is 15.1. The Bertz CT molecular complexity index is 1860. The first kappa shape index (κ1) is 26.9. The van der Waals surface area contributed by atoms with Crippen LogP contribution in [0.15, 0.2) is 108 Å². The number of aromatic carboxylic acids is 1. The van der Waals surface area contributed by atoms with Crippen molar-refractivity contribution in [1.82, 2.24) is 9.78 Å². The van der Waals surface area contributed by atoms with Crippen molar-refractivity contribution >= 4 is 28.9 Å². The summed E-state index contributed by atoms with van der Waals surface area (Å²) >= 11 is 1.67. The number of thiophene rings is 1. The summed E-state index contributed by atoms with van der Waals surface area (Å²) in [5, 5.41) is 20.4. The van der Waals surface area contributed by atoms with Gasteiger partial charge in [0.05, 0.1) is 16.9 Å². The SMILES string of the molecule is Cc1nn(-c2ccccc2C(=O)O)c2c1[C@H](c1ccc(OCc3ccccc3)cc1)C1=C(C[C@H](c3cccs3)CC1=O)N2. The fraction of sp³-hybridized carbons (Fsp3) is 0.171. The summed E-state index contributed by atoms with van der Waals surface area (Å²) in [4.78, 5) is 27.3. The van der Waals surface area contributed by atoms with Gasteiger partial charge in [-0.1, -0.05) is 60.7 Å². The van der Waals surface area contributed by atoms with E-state index in [4.69, 9.17) is 9.84 Å².